The second-order valence-corrected chi connectivity index (χ2v) is 4.41. The van der Waals surface area contributed by atoms with Crippen LogP contribution in [0.3, 0.4) is 0 Å². The molecule has 0 aromatic heterocycles. The minimum atomic E-state index is -0.293. The topological polar surface area (TPSA) is 70.6 Å². The van der Waals surface area contributed by atoms with Crippen LogP contribution in [0.2, 0.25) is 0 Å². The molecule has 0 spiro atoms. The lowest BCUT2D eigenvalue weighted by Gasteiger charge is -2.25. The number of carbonyl (C=O) groups excluding carboxylic acids is 1. The van der Waals surface area contributed by atoms with Crippen LogP contribution in [0.4, 0.5) is 0 Å². The van der Waals surface area contributed by atoms with Gasteiger partial charge in [0.15, 0.2) is 0 Å². The van der Waals surface area contributed by atoms with E-state index in [0.29, 0.717) is 19.8 Å². The Balaban J connectivity index is 1.94. The third-order valence-electron chi connectivity index (χ3n) is 2.97. The molecular weight excluding hydrogens is 232 g/mol. The Kier molecular flexibility index (Phi) is 4.17. The van der Waals surface area contributed by atoms with Crippen molar-refractivity contribution in [2.45, 2.75) is 19.0 Å². The van der Waals surface area contributed by atoms with Gasteiger partial charge in [0.25, 0.3) is 0 Å². The zero-order chi connectivity index (χ0) is 13.0. The SMILES string of the molecule is CC(NC(=O)C1COCCN1)c1cccc(O)c1. The number of amides is 1. The average molecular weight is 250 g/mol. The number of hydrogen-bond acceptors (Lipinski definition) is 4. The van der Waals surface area contributed by atoms with Gasteiger partial charge in [-0.3, -0.25) is 4.79 Å². The minimum absolute atomic E-state index is 0.0782. The van der Waals surface area contributed by atoms with Gasteiger partial charge in [0, 0.05) is 6.54 Å². The monoisotopic (exact) mass is 250 g/mol. The van der Waals surface area contributed by atoms with Gasteiger partial charge in [-0.05, 0) is 24.6 Å². The number of aromatic hydroxyl groups is 1. The van der Waals surface area contributed by atoms with Crippen molar-refractivity contribution in [2.75, 3.05) is 19.8 Å². The highest BCUT2D eigenvalue weighted by Gasteiger charge is 2.22. The van der Waals surface area contributed by atoms with Gasteiger partial charge in [0.1, 0.15) is 11.8 Å². The molecule has 1 amide bonds. The number of benzene rings is 1. The smallest absolute Gasteiger partial charge is 0.240 e. The molecule has 2 atom stereocenters. The average Bonchev–Trinajstić information content (AvgIpc) is 2.39. The summed E-state index contributed by atoms with van der Waals surface area (Å²) in [5.41, 5.74) is 0.875. The van der Waals surface area contributed by atoms with E-state index in [1.807, 2.05) is 13.0 Å². The maximum atomic E-state index is 12.0. The summed E-state index contributed by atoms with van der Waals surface area (Å²) in [6.45, 7) is 3.62. The van der Waals surface area contributed by atoms with Gasteiger partial charge in [-0.15, -0.1) is 0 Å². The molecule has 0 saturated carbocycles. The minimum Gasteiger partial charge on any atom is -0.508 e. The van der Waals surface area contributed by atoms with Crippen LogP contribution >= 0.6 is 0 Å². The summed E-state index contributed by atoms with van der Waals surface area (Å²) in [4.78, 5) is 12.0. The maximum Gasteiger partial charge on any atom is 0.240 e. The lowest BCUT2D eigenvalue weighted by molar-refractivity contribution is -0.126. The molecule has 2 unspecified atom stereocenters. The van der Waals surface area contributed by atoms with Gasteiger partial charge in [-0.2, -0.15) is 0 Å². The van der Waals surface area contributed by atoms with Crippen molar-refractivity contribution >= 4 is 5.91 Å². The Morgan fingerprint density at radius 1 is 1.61 bits per heavy atom. The van der Waals surface area contributed by atoms with Crippen molar-refractivity contribution in [3.05, 3.63) is 29.8 Å². The van der Waals surface area contributed by atoms with Gasteiger partial charge in [0.05, 0.1) is 19.3 Å². The summed E-state index contributed by atoms with van der Waals surface area (Å²) in [6.07, 6.45) is 0. The fraction of sp³-hybridized carbons (Fsp3) is 0.462. The van der Waals surface area contributed by atoms with E-state index in [-0.39, 0.29) is 23.7 Å². The summed E-state index contributed by atoms with van der Waals surface area (Å²) < 4.78 is 5.25. The number of phenols is 1. The molecule has 1 heterocycles. The standard InChI is InChI=1S/C13H18N2O3/c1-9(10-3-2-4-11(16)7-10)15-13(17)12-8-18-6-5-14-12/h2-4,7,9,12,14,16H,5-6,8H2,1H3,(H,15,17). The lowest BCUT2D eigenvalue weighted by Crippen LogP contribution is -2.51. The molecule has 3 N–H and O–H groups in total. The number of hydrogen-bond donors (Lipinski definition) is 3. The predicted molar refractivity (Wildman–Crippen MR) is 67.3 cm³/mol. The van der Waals surface area contributed by atoms with Gasteiger partial charge in [-0.25, -0.2) is 0 Å². The summed E-state index contributed by atoms with van der Waals surface area (Å²) in [7, 11) is 0. The molecule has 1 saturated heterocycles. The zero-order valence-electron chi connectivity index (χ0n) is 10.3. The molecule has 1 aromatic carbocycles. The molecule has 18 heavy (non-hydrogen) atoms. The molecule has 0 radical (unpaired) electrons. The third-order valence-corrected chi connectivity index (χ3v) is 2.97. The number of nitrogens with one attached hydrogen (secondary N) is 2. The Morgan fingerprint density at radius 3 is 3.11 bits per heavy atom. The van der Waals surface area contributed by atoms with E-state index in [1.54, 1.807) is 18.2 Å². The first-order chi connectivity index (χ1) is 8.66. The van der Waals surface area contributed by atoms with E-state index >= 15 is 0 Å². The highest BCUT2D eigenvalue weighted by Crippen LogP contribution is 2.17. The van der Waals surface area contributed by atoms with Crippen LogP contribution in [-0.2, 0) is 9.53 Å². The van der Waals surface area contributed by atoms with E-state index in [1.165, 1.54) is 0 Å². The summed E-state index contributed by atoms with van der Waals surface area (Å²) in [6, 6.07) is 6.45. The molecular formula is C13H18N2O3. The van der Waals surface area contributed by atoms with Crippen molar-refractivity contribution in [2.24, 2.45) is 0 Å². The lowest BCUT2D eigenvalue weighted by atomic mass is 10.1. The summed E-state index contributed by atoms with van der Waals surface area (Å²) in [5, 5.41) is 15.4. The van der Waals surface area contributed by atoms with E-state index in [0.717, 1.165) is 5.56 Å². The number of carbonyl (C=O) groups is 1. The first-order valence-corrected chi connectivity index (χ1v) is 6.07. The van der Waals surface area contributed by atoms with E-state index in [9.17, 15) is 9.90 Å². The molecule has 5 heteroatoms. The Bertz CT molecular complexity index is 416. The van der Waals surface area contributed by atoms with Crippen LogP contribution in [0.1, 0.15) is 18.5 Å². The molecule has 98 valence electrons. The van der Waals surface area contributed by atoms with Gasteiger partial charge >= 0.3 is 0 Å². The highest BCUT2D eigenvalue weighted by atomic mass is 16.5. The molecule has 5 nitrogen and oxygen atoms in total. The van der Waals surface area contributed by atoms with Gasteiger partial charge in [0.2, 0.25) is 5.91 Å². The van der Waals surface area contributed by atoms with Crippen LogP contribution in [0.5, 0.6) is 5.75 Å². The van der Waals surface area contributed by atoms with Crippen LogP contribution in [0.15, 0.2) is 24.3 Å². The molecule has 1 fully saturated rings. The van der Waals surface area contributed by atoms with Crippen molar-refractivity contribution in [3.8, 4) is 5.75 Å². The Labute approximate surface area is 106 Å². The fourth-order valence-electron chi connectivity index (χ4n) is 1.93. The number of morpholine rings is 1. The van der Waals surface area contributed by atoms with Crippen LogP contribution < -0.4 is 10.6 Å². The van der Waals surface area contributed by atoms with E-state index < -0.39 is 0 Å². The second kappa shape index (κ2) is 5.84. The number of phenolic OH excluding ortho intramolecular Hbond substituents is 1. The van der Waals surface area contributed by atoms with Crippen molar-refractivity contribution < 1.29 is 14.6 Å². The Hall–Kier alpha value is -1.59. The normalized spacial score (nSPS) is 21.3. The molecule has 1 aliphatic rings. The molecule has 1 aliphatic heterocycles. The highest BCUT2D eigenvalue weighted by molar-refractivity contribution is 5.82. The number of rotatable bonds is 3. The molecule has 2 rings (SSSR count). The summed E-state index contributed by atoms with van der Waals surface area (Å²) >= 11 is 0. The van der Waals surface area contributed by atoms with E-state index in [2.05, 4.69) is 10.6 Å². The second-order valence-electron chi connectivity index (χ2n) is 4.41. The van der Waals surface area contributed by atoms with E-state index in [4.69, 9.17) is 4.74 Å². The van der Waals surface area contributed by atoms with Crippen LogP contribution in [0.25, 0.3) is 0 Å². The van der Waals surface area contributed by atoms with Crippen molar-refractivity contribution in [1.82, 2.24) is 10.6 Å². The van der Waals surface area contributed by atoms with Gasteiger partial charge in [-0.1, -0.05) is 12.1 Å². The quantitative estimate of drug-likeness (QED) is 0.733. The van der Waals surface area contributed by atoms with Crippen molar-refractivity contribution in [3.63, 3.8) is 0 Å². The molecule has 0 bridgehead atoms. The van der Waals surface area contributed by atoms with Crippen LogP contribution in [0, 0.1) is 0 Å². The Morgan fingerprint density at radius 2 is 2.44 bits per heavy atom. The first-order valence-electron chi connectivity index (χ1n) is 6.07. The predicted octanol–water partition coefficient (Wildman–Crippen LogP) is 0.558. The fourth-order valence-corrected chi connectivity index (χ4v) is 1.93. The first kappa shape index (κ1) is 12.9. The largest absolute Gasteiger partial charge is 0.508 e. The van der Waals surface area contributed by atoms with Crippen molar-refractivity contribution in [1.29, 1.82) is 0 Å². The molecule has 0 aliphatic carbocycles. The number of ether oxygens (including phenoxy) is 1. The van der Waals surface area contributed by atoms with Gasteiger partial charge < -0.3 is 20.5 Å². The third kappa shape index (κ3) is 3.21. The molecule has 1 aromatic rings. The maximum absolute atomic E-state index is 12.0. The summed E-state index contributed by atoms with van der Waals surface area (Å²) in [5.74, 6) is 0.123. The zero-order valence-corrected chi connectivity index (χ0v) is 10.3. The van der Waals surface area contributed by atoms with Crippen LogP contribution in [-0.4, -0.2) is 36.8 Å².